The molecule has 1 aliphatic carbocycles. The highest BCUT2D eigenvalue weighted by Crippen LogP contribution is 2.72. The van der Waals surface area contributed by atoms with Crippen molar-refractivity contribution in [3.8, 4) is 18.2 Å². The summed E-state index contributed by atoms with van der Waals surface area (Å²) in [6, 6.07) is 31.0. The minimum Gasteiger partial charge on any atom is -0.377 e. The molecule has 0 bridgehead atoms. The number of para-hydroxylation sites is 1. The molecule has 2 aromatic carbocycles. The van der Waals surface area contributed by atoms with Gasteiger partial charge < -0.3 is 5.11 Å². The first-order valence-electron chi connectivity index (χ1n) is 12.5. The normalized spacial score (nSPS) is 28.8. The molecule has 2 aromatic heterocycles. The van der Waals surface area contributed by atoms with Gasteiger partial charge in [0.1, 0.15) is 5.84 Å². The second-order valence-corrected chi connectivity index (χ2v) is 11.9. The lowest BCUT2D eigenvalue weighted by Gasteiger charge is -2.56. The summed E-state index contributed by atoms with van der Waals surface area (Å²) < 4.78 is 0. The van der Waals surface area contributed by atoms with Crippen LogP contribution in [0.4, 0.5) is 5.69 Å². The molecule has 6 rings (SSSR count). The van der Waals surface area contributed by atoms with E-state index in [1.54, 1.807) is 90.3 Å². The Morgan fingerprint density at radius 1 is 0.775 bits per heavy atom. The number of anilines is 1. The monoisotopic (exact) mass is 559 g/mol. The Balaban J connectivity index is 1.79. The molecule has 1 amide bonds. The number of amides is 1. The first kappa shape index (κ1) is 25.7. The van der Waals surface area contributed by atoms with Gasteiger partial charge in [0, 0.05) is 21.6 Å². The number of hydrogen-bond acceptors (Lipinski definition) is 8. The van der Waals surface area contributed by atoms with Gasteiger partial charge in [-0.05, 0) is 40.6 Å². The largest absolute Gasteiger partial charge is 0.377 e. The zero-order valence-electron chi connectivity index (χ0n) is 20.9. The van der Waals surface area contributed by atoms with Gasteiger partial charge in [0.25, 0.3) is 5.91 Å². The first-order valence-corrected chi connectivity index (χ1v) is 14.2. The third kappa shape index (κ3) is 3.04. The van der Waals surface area contributed by atoms with E-state index >= 15 is 0 Å². The van der Waals surface area contributed by atoms with E-state index < -0.39 is 45.9 Å². The summed E-state index contributed by atoms with van der Waals surface area (Å²) in [5.74, 6) is -4.76. The Bertz CT molecular complexity index is 1700. The van der Waals surface area contributed by atoms with Gasteiger partial charge in [-0.25, -0.2) is 0 Å². The topological polar surface area (TPSA) is 136 Å². The van der Waals surface area contributed by atoms with Gasteiger partial charge in [-0.3, -0.25) is 15.1 Å². The zero-order valence-corrected chi connectivity index (χ0v) is 22.6. The molecule has 9 heteroatoms. The summed E-state index contributed by atoms with van der Waals surface area (Å²) in [5, 5.41) is 59.1. The molecule has 0 unspecified atom stereocenters. The van der Waals surface area contributed by atoms with Crippen LogP contribution < -0.4 is 4.90 Å². The maximum absolute atomic E-state index is 14.7. The average Bonchev–Trinajstić information content (AvgIpc) is 3.75. The number of fused-ring (bicyclic) bond motifs is 1. The molecule has 1 saturated carbocycles. The van der Waals surface area contributed by atoms with E-state index in [1.807, 2.05) is 5.38 Å². The van der Waals surface area contributed by atoms with E-state index in [1.165, 1.54) is 22.7 Å². The average molecular weight is 560 g/mol. The lowest BCUT2D eigenvalue weighted by molar-refractivity contribution is -0.153. The predicted octanol–water partition coefficient (Wildman–Crippen LogP) is 5.77. The van der Waals surface area contributed by atoms with Crippen LogP contribution in [0.3, 0.4) is 0 Å². The van der Waals surface area contributed by atoms with Crippen molar-refractivity contribution in [3.05, 3.63) is 111 Å². The van der Waals surface area contributed by atoms with Gasteiger partial charge >= 0.3 is 0 Å². The number of benzene rings is 2. The fourth-order valence-corrected chi connectivity index (χ4v) is 8.63. The summed E-state index contributed by atoms with van der Waals surface area (Å²) in [6.07, 6.45) is 0. The van der Waals surface area contributed by atoms with E-state index in [4.69, 9.17) is 0 Å². The van der Waals surface area contributed by atoms with Crippen LogP contribution in [0.2, 0.25) is 0 Å². The molecule has 40 heavy (non-hydrogen) atoms. The van der Waals surface area contributed by atoms with Crippen molar-refractivity contribution in [3.63, 3.8) is 0 Å². The third-order valence-electron chi connectivity index (χ3n) is 8.29. The van der Waals surface area contributed by atoms with E-state index in [0.29, 0.717) is 21.0 Å². The molecule has 2 aliphatic rings. The van der Waals surface area contributed by atoms with Crippen molar-refractivity contribution in [2.24, 2.45) is 10.8 Å². The highest BCUT2D eigenvalue weighted by atomic mass is 32.1. The Hall–Kier alpha value is -4.59. The quantitative estimate of drug-likeness (QED) is 0.327. The van der Waals surface area contributed by atoms with Crippen LogP contribution in [0.1, 0.15) is 33.1 Å². The summed E-state index contributed by atoms with van der Waals surface area (Å²) in [5.41, 5.74) is -5.85. The number of aliphatic hydroxyl groups is 1. The molecular formula is C31H21N5O2S2. The molecular weight excluding hydrogens is 539 g/mol. The molecule has 0 radical (unpaired) electrons. The maximum Gasteiger partial charge on any atom is 0.267 e. The fourth-order valence-electron chi connectivity index (χ4n) is 6.72. The summed E-state index contributed by atoms with van der Waals surface area (Å²) in [6.45, 7) is 0. The second-order valence-electron chi connectivity index (χ2n) is 9.93. The van der Waals surface area contributed by atoms with Gasteiger partial charge in [-0.2, -0.15) is 15.8 Å². The van der Waals surface area contributed by atoms with Gasteiger partial charge in [-0.1, -0.05) is 60.7 Å². The van der Waals surface area contributed by atoms with E-state index in [-0.39, 0.29) is 0 Å². The van der Waals surface area contributed by atoms with Crippen LogP contribution in [-0.2, 0) is 4.79 Å². The van der Waals surface area contributed by atoms with Gasteiger partial charge in [0.2, 0.25) is 0 Å². The highest BCUT2D eigenvalue weighted by molar-refractivity contribution is 7.10. The van der Waals surface area contributed by atoms with Crippen molar-refractivity contribution < 1.29 is 9.90 Å². The van der Waals surface area contributed by atoms with Crippen LogP contribution in [0.5, 0.6) is 0 Å². The molecule has 194 valence electrons. The highest BCUT2D eigenvalue weighted by Gasteiger charge is 2.83. The molecule has 7 nitrogen and oxygen atoms in total. The Morgan fingerprint density at radius 3 is 1.88 bits per heavy atom. The standard InChI is InChI=1S/C31H21N5O2S2/c32-17-29(18-33)25(22-13-7-15-39-22)24(20-9-3-1-4-10-20)31(38)28(37)36(21-11-5-2-6-12-21)27(35)30(31,19-34)26(29)23-14-8-16-40-23/h1-16,24-26,35,38H/t24-,25-,26+,30+,31+/m0/s1. The number of hydrogen-bond donors (Lipinski definition) is 2. The molecule has 5 atom stereocenters. The molecule has 0 spiro atoms. The van der Waals surface area contributed by atoms with E-state index in [2.05, 4.69) is 18.2 Å². The van der Waals surface area contributed by atoms with Crippen LogP contribution in [0, 0.1) is 50.2 Å². The number of amidine groups is 1. The number of carbonyl (C=O) groups excluding carboxylic acids is 1. The SMILES string of the molecule is N#CC1(C#N)[C@@H](c2cccs2)[C@]2(C#N)C(=N)N(c3ccccc3)C(=O)[C@]2(O)[C@@H](c2ccccc2)[C@@H]1c1cccs1. The molecule has 2 fully saturated rings. The van der Waals surface area contributed by atoms with Crippen molar-refractivity contribution in [1.29, 1.82) is 21.2 Å². The third-order valence-corrected chi connectivity index (χ3v) is 10.2. The van der Waals surface area contributed by atoms with E-state index in [9.17, 15) is 31.1 Å². The lowest BCUT2D eigenvalue weighted by atomic mass is 9.42. The summed E-state index contributed by atoms with van der Waals surface area (Å²) >= 11 is 2.56. The van der Waals surface area contributed by atoms with Gasteiger partial charge in [0.05, 0.1) is 29.8 Å². The van der Waals surface area contributed by atoms with Crippen molar-refractivity contribution in [1.82, 2.24) is 0 Å². The molecule has 2 N–H and O–H groups in total. The molecule has 3 heterocycles. The predicted molar refractivity (Wildman–Crippen MR) is 152 cm³/mol. The van der Waals surface area contributed by atoms with E-state index in [0.717, 1.165) is 4.90 Å². The zero-order chi connectivity index (χ0) is 28.1. The minimum atomic E-state index is -2.49. The summed E-state index contributed by atoms with van der Waals surface area (Å²) in [7, 11) is 0. The second kappa shape index (κ2) is 9.26. The number of nitrogens with one attached hydrogen (secondary N) is 1. The smallest absolute Gasteiger partial charge is 0.267 e. The van der Waals surface area contributed by atoms with Crippen LogP contribution >= 0.6 is 22.7 Å². The van der Waals surface area contributed by atoms with Crippen LogP contribution in [-0.4, -0.2) is 22.5 Å². The number of nitriles is 3. The number of rotatable bonds is 4. The van der Waals surface area contributed by atoms with Crippen molar-refractivity contribution in [2.75, 3.05) is 4.90 Å². The lowest BCUT2D eigenvalue weighted by Crippen LogP contribution is -2.66. The van der Waals surface area contributed by atoms with Gasteiger partial charge in [0.15, 0.2) is 16.4 Å². The van der Waals surface area contributed by atoms with Crippen molar-refractivity contribution >= 4 is 40.1 Å². The first-order chi connectivity index (χ1) is 19.4. The number of nitrogens with zero attached hydrogens (tertiary/aromatic N) is 4. The molecule has 1 aliphatic heterocycles. The fraction of sp³-hybridized carbons (Fsp3) is 0.194. The minimum absolute atomic E-state index is 0.318. The summed E-state index contributed by atoms with van der Waals surface area (Å²) in [4.78, 5) is 16.9. The Labute approximate surface area is 238 Å². The Kier molecular flexibility index (Phi) is 5.94. The van der Waals surface area contributed by atoms with Crippen molar-refractivity contribution in [2.45, 2.75) is 23.4 Å². The number of thiophene rings is 2. The Morgan fingerprint density at radius 2 is 1.35 bits per heavy atom. The van der Waals surface area contributed by atoms with Crippen LogP contribution in [0.15, 0.2) is 95.7 Å². The molecule has 1 saturated heterocycles. The maximum atomic E-state index is 14.7. The van der Waals surface area contributed by atoms with Gasteiger partial charge in [-0.15, -0.1) is 22.7 Å². The number of carbonyl (C=O) groups is 1. The molecule has 4 aromatic rings. The van der Waals surface area contributed by atoms with Crippen LogP contribution in [0.25, 0.3) is 0 Å².